The zero-order valence-electron chi connectivity index (χ0n) is 19.3. The summed E-state index contributed by atoms with van der Waals surface area (Å²) >= 11 is 0. The number of rotatable bonds is 6. The number of phenols is 4. The van der Waals surface area contributed by atoms with E-state index in [-0.39, 0.29) is 45.8 Å². The Morgan fingerprint density at radius 2 is 1.58 bits per heavy atom. The first-order chi connectivity index (χ1) is 15.6. The maximum atomic E-state index is 13.3. The van der Waals surface area contributed by atoms with E-state index in [1.54, 1.807) is 18.2 Å². The largest absolute Gasteiger partial charge is 0.507 e. The van der Waals surface area contributed by atoms with Crippen LogP contribution in [0.5, 0.6) is 28.7 Å². The number of hydrogen-bond acceptors (Lipinski definition) is 7. The molecule has 1 heterocycles. The summed E-state index contributed by atoms with van der Waals surface area (Å²) in [5, 5.41) is 41.4. The number of allylic oxidation sites excluding steroid dienone is 4. The first kappa shape index (κ1) is 23.8. The van der Waals surface area contributed by atoms with E-state index in [2.05, 4.69) is 0 Å². The molecule has 0 atom stereocenters. The molecule has 0 spiro atoms. The van der Waals surface area contributed by atoms with Crippen molar-refractivity contribution in [3.8, 4) is 40.1 Å². The van der Waals surface area contributed by atoms with Gasteiger partial charge in [0.05, 0.1) is 12.7 Å². The van der Waals surface area contributed by atoms with Crippen LogP contribution in [-0.2, 0) is 12.8 Å². The highest BCUT2D eigenvalue weighted by atomic mass is 16.5. The average molecular weight is 453 g/mol. The molecule has 0 aliphatic carbocycles. The molecular formula is C26H28O7. The predicted molar refractivity (Wildman–Crippen MR) is 127 cm³/mol. The topological polar surface area (TPSA) is 120 Å². The van der Waals surface area contributed by atoms with Crippen molar-refractivity contribution in [2.45, 2.75) is 40.5 Å². The third-order valence-electron chi connectivity index (χ3n) is 5.29. The summed E-state index contributed by atoms with van der Waals surface area (Å²) in [4.78, 5) is 13.3. The van der Waals surface area contributed by atoms with Gasteiger partial charge in [-0.25, -0.2) is 0 Å². The summed E-state index contributed by atoms with van der Waals surface area (Å²) in [7, 11) is 1.27. The van der Waals surface area contributed by atoms with E-state index in [1.807, 2.05) is 33.8 Å². The number of hydrogen-bond donors (Lipinski definition) is 4. The van der Waals surface area contributed by atoms with Crippen molar-refractivity contribution < 1.29 is 29.6 Å². The highest BCUT2D eigenvalue weighted by molar-refractivity contribution is 5.94. The molecule has 174 valence electrons. The van der Waals surface area contributed by atoms with Gasteiger partial charge in [0, 0.05) is 5.56 Å². The summed E-state index contributed by atoms with van der Waals surface area (Å²) in [5.41, 5.74) is 2.46. The smallest absolute Gasteiger partial charge is 0.239 e. The molecule has 1 aromatic heterocycles. The lowest BCUT2D eigenvalue weighted by molar-refractivity contribution is 0.365. The van der Waals surface area contributed by atoms with Crippen molar-refractivity contribution in [2.24, 2.45) is 0 Å². The third-order valence-corrected chi connectivity index (χ3v) is 5.29. The lowest BCUT2D eigenvalue weighted by atomic mass is 10.0. The average Bonchev–Trinajstić information content (AvgIpc) is 2.76. The predicted octanol–water partition coefficient (Wildman–Crippen LogP) is 5.31. The molecule has 0 radical (unpaired) electrons. The molecular weight excluding hydrogens is 424 g/mol. The van der Waals surface area contributed by atoms with Gasteiger partial charge >= 0.3 is 0 Å². The zero-order valence-corrected chi connectivity index (χ0v) is 19.3. The van der Waals surface area contributed by atoms with Crippen LogP contribution < -0.4 is 10.2 Å². The Hall–Kier alpha value is -3.87. The monoisotopic (exact) mass is 452 g/mol. The van der Waals surface area contributed by atoms with Crippen LogP contribution in [0.25, 0.3) is 22.3 Å². The number of benzene rings is 2. The minimum Gasteiger partial charge on any atom is -0.507 e. The number of methoxy groups -OCH3 is 1. The first-order valence-electron chi connectivity index (χ1n) is 10.5. The third kappa shape index (κ3) is 4.53. The van der Waals surface area contributed by atoms with Crippen molar-refractivity contribution in [1.82, 2.24) is 0 Å². The van der Waals surface area contributed by atoms with Gasteiger partial charge in [0.2, 0.25) is 16.9 Å². The minimum atomic E-state index is -0.812. The highest BCUT2D eigenvalue weighted by Gasteiger charge is 2.27. The summed E-state index contributed by atoms with van der Waals surface area (Å²) < 4.78 is 11.3. The second-order valence-corrected chi connectivity index (χ2v) is 8.34. The lowest BCUT2D eigenvalue weighted by Crippen LogP contribution is -2.09. The zero-order chi connectivity index (χ0) is 24.4. The summed E-state index contributed by atoms with van der Waals surface area (Å²) in [6.07, 6.45) is 4.56. The molecule has 0 bridgehead atoms. The molecule has 4 N–H and O–H groups in total. The van der Waals surface area contributed by atoms with Crippen molar-refractivity contribution in [2.75, 3.05) is 7.11 Å². The molecule has 0 saturated heterocycles. The van der Waals surface area contributed by atoms with Gasteiger partial charge in [-0.3, -0.25) is 4.79 Å². The van der Waals surface area contributed by atoms with E-state index in [4.69, 9.17) is 9.15 Å². The molecule has 3 rings (SSSR count). The standard InChI is InChI=1S/C26H28O7/c1-13(2)6-8-15-9-11-18(27)17(12-15)25-26(32-5)22(30)19-21(29)23(31)20(28)16(24(19)33-25)10-7-14(3)4/h6-7,9,11-12,27-29,31H,8,10H2,1-5H3. The molecule has 2 aromatic carbocycles. The SMILES string of the molecule is COc1c(-c2cc(CC=C(C)C)ccc2O)oc2c(CC=C(C)C)c(O)c(O)c(O)c2c1=O. The number of fused-ring (bicyclic) bond motifs is 1. The van der Waals surface area contributed by atoms with Gasteiger partial charge in [0.1, 0.15) is 16.7 Å². The van der Waals surface area contributed by atoms with Crippen LogP contribution >= 0.6 is 0 Å². The fourth-order valence-electron chi connectivity index (χ4n) is 3.50. The molecule has 0 unspecified atom stereocenters. The number of aromatic hydroxyl groups is 4. The molecule has 7 heteroatoms. The molecule has 3 aromatic rings. The maximum Gasteiger partial charge on any atom is 0.239 e. The van der Waals surface area contributed by atoms with Gasteiger partial charge in [-0.2, -0.15) is 0 Å². The molecule has 0 saturated carbocycles. The molecule has 0 aliphatic rings. The normalized spacial score (nSPS) is 10.8. The highest BCUT2D eigenvalue weighted by Crippen LogP contribution is 2.47. The minimum absolute atomic E-state index is 0.0468. The maximum absolute atomic E-state index is 13.3. The molecule has 7 nitrogen and oxygen atoms in total. The summed E-state index contributed by atoms with van der Waals surface area (Å²) in [6.45, 7) is 7.68. The van der Waals surface area contributed by atoms with Crippen LogP contribution in [-0.4, -0.2) is 27.5 Å². The molecule has 0 aliphatic heterocycles. The van der Waals surface area contributed by atoms with Gasteiger partial charge in [-0.05, 0) is 58.2 Å². The van der Waals surface area contributed by atoms with Crippen LogP contribution in [0.1, 0.15) is 38.8 Å². The lowest BCUT2D eigenvalue weighted by Gasteiger charge is -2.15. The van der Waals surface area contributed by atoms with Crippen molar-refractivity contribution in [1.29, 1.82) is 0 Å². The van der Waals surface area contributed by atoms with Crippen LogP contribution in [0.4, 0.5) is 0 Å². The van der Waals surface area contributed by atoms with E-state index in [9.17, 15) is 25.2 Å². The van der Waals surface area contributed by atoms with Gasteiger partial charge < -0.3 is 29.6 Å². The van der Waals surface area contributed by atoms with E-state index >= 15 is 0 Å². The Kier molecular flexibility index (Phi) is 6.72. The Labute approximate surface area is 191 Å². The quantitative estimate of drug-likeness (QED) is 0.295. The van der Waals surface area contributed by atoms with E-state index in [0.717, 1.165) is 16.7 Å². The van der Waals surface area contributed by atoms with Gasteiger partial charge in [0.15, 0.2) is 17.3 Å². The van der Waals surface area contributed by atoms with E-state index in [1.165, 1.54) is 13.2 Å². The van der Waals surface area contributed by atoms with Crippen LogP contribution in [0, 0.1) is 0 Å². The van der Waals surface area contributed by atoms with Gasteiger partial charge in [0.25, 0.3) is 0 Å². The van der Waals surface area contributed by atoms with Crippen LogP contribution in [0.3, 0.4) is 0 Å². The molecule has 0 amide bonds. The van der Waals surface area contributed by atoms with E-state index < -0.39 is 22.7 Å². The fraction of sp³-hybridized carbons (Fsp3) is 0.269. The van der Waals surface area contributed by atoms with Gasteiger partial charge in [-0.1, -0.05) is 29.4 Å². The van der Waals surface area contributed by atoms with Crippen molar-refractivity contribution in [3.05, 3.63) is 62.8 Å². The fourth-order valence-corrected chi connectivity index (χ4v) is 3.50. The summed E-state index contributed by atoms with van der Waals surface area (Å²) in [6, 6.07) is 4.96. The van der Waals surface area contributed by atoms with Crippen molar-refractivity contribution in [3.63, 3.8) is 0 Å². The first-order valence-corrected chi connectivity index (χ1v) is 10.5. The Bertz CT molecular complexity index is 1340. The van der Waals surface area contributed by atoms with Gasteiger partial charge in [-0.15, -0.1) is 0 Å². The Balaban J connectivity index is 2.41. The molecule has 33 heavy (non-hydrogen) atoms. The van der Waals surface area contributed by atoms with Crippen molar-refractivity contribution >= 4 is 11.0 Å². The second kappa shape index (κ2) is 9.32. The molecule has 0 fully saturated rings. The van der Waals surface area contributed by atoms with Crippen LogP contribution in [0.2, 0.25) is 0 Å². The Morgan fingerprint density at radius 1 is 0.939 bits per heavy atom. The number of ether oxygens (including phenoxy) is 1. The Morgan fingerprint density at radius 3 is 2.18 bits per heavy atom. The summed E-state index contributed by atoms with van der Waals surface area (Å²) in [5.74, 6) is -2.62. The second-order valence-electron chi connectivity index (χ2n) is 8.34. The van der Waals surface area contributed by atoms with E-state index in [0.29, 0.717) is 6.42 Å². The number of phenolic OH excluding ortho intramolecular Hbond substituents is 4. The van der Waals surface area contributed by atoms with Crippen LogP contribution in [0.15, 0.2) is 50.7 Å².